The van der Waals surface area contributed by atoms with E-state index in [4.69, 9.17) is 0 Å². The van der Waals surface area contributed by atoms with Crippen molar-refractivity contribution in [3.63, 3.8) is 0 Å². The first kappa shape index (κ1) is 13.3. The number of hydrogen-bond donors (Lipinski definition) is 2. The van der Waals surface area contributed by atoms with Crippen LogP contribution in [0.5, 0.6) is 0 Å². The zero-order valence-corrected chi connectivity index (χ0v) is 11.7. The first-order chi connectivity index (χ1) is 9.72. The van der Waals surface area contributed by atoms with Crippen LogP contribution in [0.4, 0.5) is 0 Å². The van der Waals surface area contributed by atoms with Gasteiger partial charge in [-0.3, -0.25) is 0 Å². The van der Waals surface area contributed by atoms with Crippen molar-refractivity contribution in [2.75, 3.05) is 6.54 Å². The van der Waals surface area contributed by atoms with E-state index < -0.39 is 0 Å². The van der Waals surface area contributed by atoms with Crippen molar-refractivity contribution in [1.82, 2.24) is 14.9 Å². The Bertz CT molecular complexity index is 529. The van der Waals surface area contributed by atoms with E-state index in [2.05, 4.69) is 41.5 Å². The molecule has 106 valence electrons. The van der Waals surface area contributed by atoms with Gasteiger partial charge in [-0.15, -0.1) is 0 Å². The maximum atomic E-state index is 9.29. The summed E-state index contributed by atoms with van der Waals surface area (Å²) in [7, 11) is 0. The van der Waals surface area contributed by atoms with E-state index in [0.29, 0.717) is 12.0 Å². The first-order valence-corrected chi connectivity index (χ1v) is 7.22. The molecule has 1 heterocycles. The van der Waals surface area contributed by atoms with Gasteiger partial charge in [-0.25, -0.2) is 4.98 Å². The van der Waals surface area contributed by atoms with Crippen molar-refractivity contribution < 1.29 is 5.11 Å². The van der Waals surface area contributed by atoms with Crippen LogP contribution >= 0.6 is 0 Å². The number of nitrogens with zero attached hydrogens (tertiary/aromatic N) is 2. The third-order valence-electron chi connectivity index (χ3n) is 4.12. The topological polar surface area (TPSA) is 50.1 Å². The van der Waals surface area contributed by atoms with E-state index in [0.717, 1.165) is 25.1 Å². The normalized spacial score (nSPS) is 23.3. The van der Waals surface area contributed by atoms with Gasteiger partial charge in [-0.2, -0.15) is 0 Å². The summed E-state index contributed by atoms with van der Waals surface area (Å²) < 4.78 is 2.00. The van der Waals surface area contributed by atoms with Crippen LogP contribution < -0.4 is 5.32 Å². The molecule has 2 N–H and O–H groups in total. The molecule has 0 spiro atoms. The molecule has 4 heteroatoms. The molecule has 1 aromatic heterocycles. The number of hydrogen-bond acceptors (Lipinski definition) is 3. The number of nitrogens with one attached hydrogen (secondary N) is 1. The monoisotopic (exact) mass is 271 g/mol. The largest absolute Gasteiger partial charge is 0.393 e. The van der Waals surface area contributed by atoms with Gasteiger partial charge in [0.2, 0.25) is 0 Å². The van der Waals surface area contributed by atoms with Crippen molar-refractivity contribution in [1.29, 1.82) is 0 Å². The Balaban J connectivity index is 1.56. The van der Waals surface area contributed by atoms with Gasteiger partial charge >= 0.3 is 0 Å². The van der Waals surface area contributed by atoms with Crippen LogP contribution in [-0.2, 0) is 0 Å². The molecule has 1 saturated carbocycles. The average molecular weight is 271 g/mol. The minimum absolute atomic E-state index is 0.0634. The van der Waals surface area contributed by atoms with Crippen molar-refractivity contribution >= 4 is 0 Å². The SMILES string of the molecule is CC(NCC1CC(O)C1)c1ccc(-n2ccnc2)cc1. The first-order valence-electron chi connectivity index (χ1n) is 7.22. The van der Waals surface area contributed by atoms with E-state index in [1.165, 1.54) is 5.56 Å². The summed E-state index contributed by atoms with van der Waals surface area (Å²) in [6.07, 6.45) is 7.35. The second-order valence-corrected chi connectivity index (χ2v) is 5.68. The third kappa shape index (κ3) is 2.92. The molecule has 0 amide bonds. The van der Waals surface area contributed by atoms with Crippen LogP contribution in [0.25, 0.3) is 5.69 Å². The highest BCUT2D eigenvalue weighted by Gasteiger charge is 2.26. The molecule has 1 aliphatic rings. The summed E-state index contributed by atoms with van der Waals surface area (Å²) in [5.74, 6) is 0.637. The minimum atomic E-state index is -0.0634. The van der Waals surface area contributed by atoms with Crippen LogP contribution in [0.3, 0.4) is 0 Å². The summed E-state index contributed by atoms with van der Waals surface area (Å²) in [6, 6.07) is 8.88. The molecule has 20 heavy (non-hydrogen) atoms. The Labute approximate surface area is 119 Å². The van der Waals surface area contributed by atoms with E-state index in [1.54, 1.807) is 12.5 Å². The molecule has 0 radical (unpaired) electrons. The minimum Gasteiger partial charge on any atom is -0.393 e. The van der Waals surface area contributed by atoms with E-state index in [1.807, 2.05) is 10.8 Å². The maximum absolute atomic E-state index is 9.29. The molecule has 3 rings (SSSR count). The molecule has 1 aromatic carbocycles. The highest BCUT2D eigenvalue weighted by atomic mass is 16.3. The van der Waals surface area contributed by atoms with Crippen molar-refractivity contribution in [2.45, 2.75) is 31.9 Å². The zero-order chi connectivity index (χ0) is 13.9. The summed E-state index contributed by atoms with van der Waals surface area (Å²) >= 11 is 0. The lowest BCUT2D eigenvalue weighted by Gasteiger charge is -2.32. The molecule has 4 nitrogen and oxygen atoms in total. The summed E-state index contributed by atoms with van der Waals surface area (Å²) in [6.45, 7) is 3.17. The van der Waals surface area contributed by atoms with Gasteiger partial charge in [0, 0.05) is 24.1 Å². The van der Waals surface area contributed by atoms with Crippen LogP contribution in [0.15, 0.2) is 43.0 Å². The Morgan fingerprint density at radius 3 is 2.70 bits per heavy atom. The standard InChI is InChI=1S/C16H21N3O/c1-12(18-10-13-8-16(20)9-13)14-2-4-15(5-3-14)19-7-6-17-11-19/h2-7,11-13,16,18,20H,8-10H2,1H3. The molecule has 2 aromatic rings. The zero-order valence-electron chi connectivity index (χ0n) is 11.7. The quantitative estimate of drug-likeness (QED) is 0.877. The maximum Gasteiger partial charge on any atom is 0.0991 e. The van der Waals surface area contributed by atoms with Crippen molar-refractivity contribution in [3.05, 3.63) is 48.5 Å². The number of aliphatic hydroxyl groups is 1. The fourth-order valence-corrected chi connectivity index (χ4v) is 2.68. The van der Waals surface area contributed by atoms with Gasteiger partial charge < -0.3 is 15.0 Å². The lowest BCUT2D eigenvalue weighted by Crippen LogP contribution is -2.36. The van der Waals surface area contributed by atoms with Gasteiger partial charge in [-0.05, 0) is 49.9 Å². The van der Waals surface area contributed by atoms with Crippen LogP contribution in [0, 0.1) is 5.92 Å². The van der Waals surface area contributed by atoms with E-state index in [-0.39, 0.29) is 6.10 Å². The number of benzene rings is 1. The number of imidazole rings is 1. The molecule has 0 saturated heterocycles. The van der Waals surface area contributed by atoms with Gasteiger partial charge in [0.05, 0.1) is 12.4 Å². The summed E-state index contributed by atoms with van der Waals surface area (Å²) in [5, 5.41) is 12.8. The molecule has 0 aliphatic heterocycles. The van der Waals surface area contributed by atoms with Crippen LogP contribution in [-0.4, -0.2) is 27.3 Å². The third-order valence-corrected chi connectivity index (χ3v) is 4.12. The number of aromatic nitrogens is 2. The van der Waals surface area contributed by atoms with Crippen molar-refractivity contribution in [2.24, 2.45) is 5.92 Å². The van der Waals surface area contributed by atoms with E-state index in [9.17, 15) is 5.11 Å². The molecule has 1 unspecified atom stereocenters. The van der Waals surface area contributed by atoms with Gasteiger partial charge in [0.25, 0.3) is 0 Å². The lowest BCUT2D eigenvalue weighted by atomic mass is 9.82. The molecule has 1 aliphatic carbocycles. The number of rotatable bonds is 5. The second-order valence-electron chi connectivity index (χ2n) is 5.68. The molecule has 0 bridgehead atoms. The van der Waals surface area contributed by atoms with Gasteiger partial charge in [0.1, 0.15) is 0 Å². The summed E-state index contributed by atoms with van der Waals surface area (Å²) in [5.41, 5.74) is 2.41. The molecular formula is C16H21N3O. The summed E-state index contributed by atoms with van der Waals surface area (Å²) in [4.78, 5) is 4.06. The molecule has 1 fully saturated rings. The number of aliphatic hydroxyl groups excluding tert-OH is 1. The van der Waals surface area contributed by atoms with Gasteiger partial charge in [0.15, 0.2) is 0 Å². The second kappa shape index (κ2) is 5.77. The van der Waals surface area contributed by atoms with E-state index >= 15 is 0 Å². The molecular weight excluding hydrogens is 250 g/mol. The predicted molar refractivity (Wildman–Crippen MR) is 78.7 cm³/mol. The van der Waals surface area contributed by atoms with Crippen molar-refractivity contribution in [3.8, 4) is 5.69 Å². The fourth-order valence-electron chi connectivity index (χ4n) is 2.68. The Hall–Kier alpha value is -1.65. The average Bonchev–Trinajstić information content (AvgIpc) is 2.96. The highest BCUT2D eigenvalue weighted by molar-refractivity contribution is 5.35. The predicted octanol–water partition coefficient (Wildman–Crippen LogP) is 2.29. The smallest absolute Gasteiger partial charge is 0.0991 e. The highest BCUT2D eigenvalue weighted by Crippen LogP contribution is 2.27. The van der Waals surface area contributed by atoms with Crippen LogP contribution in [0.2, 0.25) is 0 Å². The Morgan fingerprint density at radius 2 is 2.10 bits per heavy atom. The fraction of sp³-hybridized carbons (Fsp3) is 0.438. The Kier molecular flexibility index (Phi) is 3.85. The van der Waals surface area contributed by atoms with Gasteiger partial charge in [-0.1, -0.05) is 12.1 Å². The Morgan fingerprint density at radius 1 is 1.35 bits per heavy atom. The molecule has 1 atom stereocenters. The lowest BCUT2D eigenvalue weighted by molar-refractivity contribution is 0.0420. The van der Waals surface area contributed by atoms with Crippen LogP contribution in [0.1, 0.15) is 31.4 Å².